The third kappa shape index (κ3) is 8.38. The van der Waals surface area contributed by atoms with Crippen LogP contribution in [-0.2, 0) is 37.6 Å². The van der Waals surface area contributed by atoms with Crippen molar-refractivity contribution in [3.63, 3.8) is 0 Å². The van der Waals surface area contributed by atoms with Gasteiger partial charge < -0.3 is 9.80 Å². The lowest BCUT2D eigenvalue weighted by molar-refractivity contribution is -0.137. The number of carbonyl (C=O) groups is 2. The van der Waals surface area contributed by atoms with Crippen LogP contribution in [0.1, 0.15) is 27.9 Å². The number of halogens is 3. The number of amides is 2. The predicted molar refractivity (Wildman–Crippen MR) is 145 cm³/mol. The molecular weight excluding hydrogens is 585 g/mol. The highest BCUT2D eigenvalue weighted by Crippen LogP contribution is 2.29. The number of alkyl halides is 3. The van der Waals surface area contributed by atoms with E-state index in [1.807, 2.05) is 0 Å². The van der Waals surface area contributed by atoms with E-state index in [0.717, 1.165) is 17.5 Å². The average molecular weight is 617 g/mol. The first-order valence-electron chi connectivity index (χ1n) is 12.4. The number of benzene rings is 2. The van der Waals surface area contributed by atoms with Gasteiger partial charge in [0.15, 0.2) is 0 Å². The molecule has 41 heavy (non-hydrogen) atoms. The van der Waals surface area contributed by atoms with Gasteiger partial charge in [-0.15, -0.1) is 0 Å². The Labute approximate surface area is 237 Å². The average Bonchev–Trinajstić information content (AvgIpc) is 3.41. The topological polar surface area (TPSA) is 124 Å². The van der Waals surface area contributed by atoms with Gasteiger partial charge in [-0.05, 0) is 54.3 Å². The highest BCUT2D eigenvalue weighted by molar-refractivity contribution is 7.92. The van der Waals surface area contributed by atoms with E-state index in [4.69, 9.17) is 0 Å². The molecule has 1 fully saturated rings. The van der Waals surface area contributed by atoms with E-state index in [1.165, 1.54) is 64.6 Å². The van der Waals surface area contributed by atoms with Gasteiger partial charge in [-0.2, -0.15) is 17.5 Å². The van der Waals surface area contributed by atoms with Crippen LogP contribution in [0.3, 0.4) is 0 Å². The summed E-state index contributed by atoms with van der Waals surface area (Å²) in [7, 11) is -4.56. The molecule has 1 atom stereocenters. The molecule has 0 spiro atoms. The minimum absolute atomic E-state index is 0.0637. The van der Waals surface area contributed by atoms with Crippen LogP contribution < -0.4 is 4.72 Å². The van der Waals surface area contributed by atoms with Crippen molar-refractivity contribution in [2.75, 3.05) is 40.3 Å². The molecule has 2 aromatic rings. The molecule has 0 aliphatic carbocycles. The maximum Gasteiger partial charge on any atom is 0.416 e. The van der Waals surface area contributed by atoms with Crippen LogP contribution in [0.2, 0.25) is 0 Å². The molecule has 3 rings (SSSR count). The number of hydrogen-bond acceptors (Lipinski definition) is 6. The SMILES string of the molecule is C=CS(=O)(=O)NC[C@H]1CCN(S(=O)(=O)c2ccc(C(=O)N(CC(=O)N(C)C)Cc3ccc(C(F)(F)F)cc3)cc2)C1. The Hall–Kier alpha value is -3.27. The van der Waals surface area contributed by atoms with Gasteiger partial charge in [0, 0.05) is 51.2 Å². The van der Waals surface area contributed by atoms with Gasteiger partial charge in [0.1, 0.15) is 6.54 Å². The molecule has 0 unspecified atom stereocenters. The summed E-state index contributed by atoms with van der Waals surface area (Å²) < 4.78 is 91.9. The molecule has 2 amide bonds. The van der Waals surface area contributed by atoms with Crippen molar-refractivity contribution in [1.29, 1.82) is 0 Å². The number of nitrogens with one attached hydrogen (secondary N) is 1. The molecule has 224 valence electrons. The molecule has 1 heterocycles. The van der Waals surface area contributed by atoms with Crippen LogP contribution in [0.15, 0.2) is 65.4 Å². The molecular formula is C26H31F3N4O6S2. The van der Waals surface area contributed by atoms with Crippen LogP contribution in [0.5, 0.6) is 0 Å². The lowest BCUT2D eigenvalue weighted by atomic mass is 10.1. The van der Waals surface area contributed by atoms with E-state index in [2.05, 4.69) is 11.3 Å². The molecule has 2 aromatic carbocycles. The molecule has 1 aliphatic rings. The van der Waals surface area contributed by atoms with Crippen LogP contribution in [-0.4, -0.2) is 83.0 Å². The largest absolute Gasteiger partial charge is 0.416 e. The van der Waals surface area contributed by atoms with Gasteiger partial charge in [0.25, 0.3) is 5.91 Å². The zero-order chi connectivity index (χ0) is 30.6. The Balaban J connectivity index is 1.75. The molecule has 0 aromatic heterocycles. The van der Waals surface area contributed by atoms with Gasteiger partial charge in [0.05, 0.1) is 10.5 Å². The van der Waals surface area contributed by atoms with Crippen molar-refractivity contribution in [3.05, 3.63) is 77.2 Å². The van der Waals surface area contributed by atoms with Crippen molar-refractivity contribution in [3.8, 4) is 0 Å². The van der Waals surface area contributed by atoms with E-state index in [-0.39, 0.29) is 49.1 Å². The molecule has 0 radical (unpaired) electrons. The summed E-state index contributed by atoms with van der Waals surface area (Å²) in [5, 5.41) is 0.778. The van der Waals surface area contributed by atoms with Crippen molar-refractivity contribution in [2.45, 2.75) is 24.0 Å². The normalized spacial score (nSPS) is 16.4. The molecule has 10 nitrogen and oxygen atoms in total. The first kappa shape index (κ1) is 32.2. The van der Waals surface area contributed by atoms with E-state index in [0.29, 0.717) is 12.0 Å². The maximum absolute atomic E-state index is 13.3. The number of sulfonamides is 2. The van der Waals surface area contributed by atoms with Crippen LogP contribution in [0.4, 0.5) is 13.2 Å². The number of likely N-dealkylation sites (N-methyl/N-ethyl adjacent to an activating group) is 1. The van der Waals surface area contributed by atoms with Crippen molar-refractivity contribution >= 4 is 31.9 Å². The quantitative estimate of drug-likeness (QED) is 0.414. The van der Waals surface area contributed by atoms with E-state index >= 15 is 0 Å². The van der Waals surface area contributed by atoms with Crippen molar-refractivity contribution in [2.24, 2.45) is 5.92 Å². The highest BCUT2D eigenvalue weighted by atomic mass is 32.2. The Morgan fingerprint density at radius 3 is 2.20 bits per heavy atom. The molecule has 0 bridgehead atoms. The maximum atomic E-state index is 13.3. The van der Waals surface area contributed by atoms with E-state index < -0.39 is 43.6 Å². The number of nitrogens with zero attached hydrogens (tertiary/aromatic N) is 3. The van der Waals surface area contributed by atoms with Gasteiger partial charge in [-0.25, -0.2) is 21.6 Å². The second-order valence-corrected chi connectivity index (χ2v) is 13.4. The first-order valence-corrected chi connectivity index (χ1v) is 15.4. The van der Waals surface area contributed by atoms with E-state index in [9.17, 15) is 39.6 Å². The van der Waals surface area contributed by atoms with Gasteiger partial charge in [-0.1, -0.05) is 18.7 Å². The Bertz CT molecular complexity index is 1480. The highest BCUT2D eigenvalue weighted by Gasteiger charge is 2.33. The smallest absolute Gasteiger partial charge is 0.347 e. The van der Waals surface area contributed by atoms with Gasteiger partial charge in [0.2, 0.25) is 26.0 Å². The summed E-state index contributed by atoms with van der Waals surface area (Å²) in [5.74, 6) is -1.25. The predicted octanol–water partition coefficient (Wildman–Crippen LogP) is 2.51. The Kier molecular flexibility index (Phi) is 10.00. The zero-order valence-electron chi connectivity index (χ0n) is 22.5. The fourth-order valence-corrected chi connectivity index (χ4v) is 6.22. The second-order valence-electron chi connectivity index (χ2n) is 9.75. The minimum Gasteiger partial charge on any atom is -0.347 e. The van der Waals surface area contributed by atoms with E-state index in [1.54, 1.807) is 0 Å². The van der Waals surface area contributed by atoms with Gasteiger partial charge in [-0.3, -0.25) is 9.59 Å². The number of carbonyl (C=O) groups excluding carboxylic acids is 2. The molecule has 15 heteroatoms. The lowest BCUT2D eigenvalue weighted by Crippen LogP contribution is -2.40. The van der Waals surface area contributed by atoms with Crippen molar-refractivity contribution in [1.82, 2.24) is 18.8 Å². The standard InChI is InChI=1S/C26H31F3N4O6S2/c1-4-40(36,37)30-15-20-13-14-33(17-20)41(38,39)23-11-7-21(8-12-23)25(35)32(18-24(34)31(2)3)16-19-5-9-22(10-6-19)26(27,28)29/h4-12,20,30H,1,13-18H2,2-3H3/t20-/m1/s1. The minimum atomic E-state index is -4.52. The van der Waals surface area contributed by atoms with Crippen LogP contribution >= 0.6 is 0 Å². The molecule has 0 saturated carbocycles. The summed E-state index contributed by atoms with van der Waals surface area (Å²) in [6.45, 7) is 3.08. The lowest BCUT2D eigenvalue weighted by Gasteiger charge is -2.24. The molecule has 1 N–H and O–H groups in total. The van der Waals surface area contributed by atoms with Crippen LogP contribution in [0.25, 0.3) is 0 Å². The third-order valence-electron chi connectivity index (χ3n) is 6.55. The van der Waals surface area contributed by atoms with Gasteiger partial charge >= 0.3 is 6.18 Å². The zero-order valence-corrected chi connectivity index (χ0v) is 24.1. The first-order chi connectivity index (χ1) is 19.0. The van der Waals surface area contributed by atoms with Crippen molar-refractivity contribution < 1.29 is 39.6 Å². The fourth-order valence-electron chi connectivity index (χ4n) is 4.10. The second kappa shape index (κ2) is 12.7. The summed E-state index contributed by atoms with van der Waals surface area (Å²) in [6.07, 6.45) is -4.07. The monoisotopic (exact) mass is 616 g/mol. The number of rotatable bonds is 11. The summed E-state index contributed by atoms with van der Waals surface area (Å²) in [6, 6.07) is 9.38. The Morgan fingerprint density at radius 2 is 1.66 bits per heavy atom. The molecule has 1 aliphatic heterocycles. The summed E-state index contributed by atoms with van der Waals surface area (Å²) >= 11 is 0. The van der Waals surface area contributed by atoms with Crippen LogP contribution in [0, 0.1) is 5.92 Å². The summed E-state index contributed by atoms with van der Waals surface area (Å²) in [4.78, 5) is 28.1. The Morgan fingerprint density at radius 1 is 1.05 bits per heavy atom. The fraction of sp³-hybridized carbons (Fsp3) is 0.385. The number of hydrogen-bond donors (Lipinski definition) is 1. The third-order valence-corrected chi connectivity index (χ3v) is 9.43. The summed E-state index contributed by atoms with van der Waals surface area (Å²) in [5.41, 5.74) is -0.390. The molecule has 1 saturated heterocycles.